The molecule has 0 aliphatic carbocycles. The SMILES string of the molecule is Cc1nnc(N=NCc2ccc(-c3ccccc3C(=O)O)o2)n1N. The Balaban J connectivity index is 1.77. The molecule has 9 nitrogen and oxygen atoms in total. The number of nitrogen functional groups attached to an aromatic ring is 1. The normalized spacial score (nSPS) is 11.2. The van der Waals surface area contributed by atoms with Crippen LogP contribution in [-0.2, 0) is 6.54 Å². The maximum atomic E-state index is 11.3. The lowest BCUT2D eigenvalue weighted by Crippen LogP contribution is -2.09. The number of aromatic carboxylic acids is 1. The van der Waals surface area contributed by atoms with Crippen LogP contribution >= 0.6 is 0 Å². The van der Waals surface area contributed by atoms with Crippen LogP contribution in [-0.4, -0.2) is 25.9 Å². The van der Waals surface area contributed by atoms with Gasteiger partial charge in [0.15, 0.2) is 5.82 Å². The number of carbonyl (C=O) groups is 1. The molecule has 9 heteroatoms. The van der Waals surface area contributed by atoms with Gasteiger partial charge in [-0.15, -0.1) is 15.3 Å². The lowest BCUT2D eigenvalue weighted by molar-refractivity contribution is 0.0697. The molecular formula is C15H14N6O3. The number of carboxylic acid groups (broad SMARTS) is 1. The van der Waals surface area contributed by atoms with E-state index in [9.17, 15) is 9.90 Å². The predicted octanol–water partition coefficient (Wildman–Crippen LogP) is 2.54. The monoisotopic (exact) mass is 326 g/mol. The van der Waals surface area contributed by atoms with Crippen LogP contribution in [0.15, 0.2) is 51.0 Å². The van der Waals surface area contributed by atoms with E-state index in [0.29, 0.717) is 22.9 Å². The minimum atomic E-state index is -1.01. The third kappa shape index (κ3) is 3.00. The maximum Gasteiger partial charge on any atom is 0.336 e. The van der Waals surface area contributed by atoms with Crippen molar-refractivity contribution in [3.63, 3.8) is 0 Å². The van der Waals surface area contributed by atoms with Gasteiger partial charge in [0.25, 0.3) is 5.95 Å². The van der Waals surface area contributed by atoms with Gasteiger partial charge in [-0.2, -0.15) is 5.11 Å². The highest BCUT2D eigenvalue weighted by Crippen LogP contribution is 2.26. The van der Waals surface area contributed by atoms with Crippen molar-refractivity contribution in [1.29, 1.82) is 0 Å². The average Bonchev–Trinajstić information content (AvgIpc) is 3.17. The topological polar surface area (TPSA) is 132 Å². The van der Waals surface area contributed by atoms with Gasteiger partial charge < -0.3 is 15.4 Å². The van der Waals surface area contributed by atoms with Crippen molar-refractivity contribution < 1.29 is 14.3 Å². The molecule has 0 fully saturated rings. The van der Waals surface area contributed by atoms with Crippen LogP contribution in [0.3, 0.4) is 0 Å². The molecule has 122 valence electrons. The summed E-state index contributed by atoms with van der Waals surface area (Å²) >= 11 is 0. The number of azo groups is 1. The molecule has 0 aliphatic heterocycles. The summed E-state index contributed by atoms with van der Waals surface area (Å²) < 4.78 is 6.87. The number of aryl methyl sites for hydroxylation is 1. The largest absolute Gasteiger partial charge is 0.478 e. The van der Waals surface area contributed by atoms with Crippen molar-refractivity contribution in [3.05, 3.63) is 53.5 Å². The van der Waals surface area contributed by atoms with Gasteiger partial charge in [-0.05, 0) is 25.1 Å². The number of benzene rings is 1. The first-order valence-electron chi connectivity index (χ1n) is 7.02. The lowest BCUT2D eigenvalue weighted by atomic mass is 10.1. The second-order valence-corrected chi connectivity index (χ2v) is 4.93. The van der Waals surface area contributed by atoms with Crippen LogP contribution in [0.2, 0.25) is 0 Å². The zero-order chi connectivity index (χ0) is 17.1. The van der Waals surface area contributed by atoms with Gasteiger partial charge in [-0.25, -0.2) is 9.47 Å². The summed E-state index contributed by atoms with van der Waals surface area (Å²) in [5, 5.41) is 24.6. The molecule has 0 radical (unpaired) electrons. The number of nitrogens with two attached hydrogens (primary N) is 1. The van der Waals surface area contributed by atoms with Crippen LogP contribution < -0.4 is 5.84 Å². The molecular weight excluding hydrogens is 312 g/mol. The maximum absolute atomic E-state index is 11.3. The summed E-state index contributed by atoms with van der Waals surface area (Å²) in [6.45, 7) is 1.87. The summed E-state index contributed by atoms with van der Waals surface area (Å²) in [4.78, 5) is 11.3. The third-order valence-electron chi connectivity index (χ3n) is 3.32. The van der Waals surface area contributed by atoms with E-state index in [-0.39, 0.29) is 18.1 Å². The van der Waals surface area contributed by atoms with Crippen LogP contribution in [0.5, 0.6) is 0 Å². The molecule has 3 rings (SSSR count). The lowest BCUT2D eigenvalue weighted by Gasteiger charge is -2.02. The Labute approximate surface area is 136 Å². The molecule has 3 N–H and O–H groups in total. The van der Waals surface area contributed by atoms with E-state index >= 15 is 0 Å². The van der Waals surface area contributed by atoms with Gasteiger partial charge in [-0.3, -0.25) is 0 Å². The minimum absolute atomic E-state index is 0.168. The van der Waals surface area contributed by atoms with Crippen LogP contribution in [0.4, 0.5) is 5.95 Å². The number of carboxylic acids is 1. The number of aromatic nitrogens is 3. The van der Waals surface area contributed by atoms with Crippen molar-refractivity contribution in [2.45, 2.75) is 13.5 Å². The Hall–Kier alpha value is -3.49. The van der Waals surface area contributed by atoms with E-state index in [1.54, 1.807) is 37.3 Å². The number of hydrogen-bond acceptors (Lipinski definition) is 7. The zero-order valence-corrected chi connectivity index (χ0v) is 12.7. The quantitative estimate of drug-likeness (QED) is 0.547. The van der Waals surface area contributed by atoms with Crippen LogP contribution in [0, 0.1) is 6.92 Å². The smallest absolute Gasteiger partial charge is 0.336 e. The molecule has 2 heterocycles. The van der Waals surface area contributed by atoms with Crippen molar-refractivity contribution >= 4 is 11.9 Å². The van der Waals surface area contributed by atoms with E-state index in [1.807, 2.05) is 0 Å². The Morgan fingerprint density at radius 3 is 2.79 bits per heavy atom. The second-order valence-electron chi connectivity index (χ2n) is 4.93. The van der Waals surface area contributed by atoms with Gasteiger partial charge in [0.1, 0.15) is 18.1 Å². The summed E-state index contributed by atoms with van der Waals surface area (Å²) in [7, 11) is 0. The zero-order valence-electron chi connectivity index (χ0n) is 12.7. The van der Waals surface area contributed by atoms with Crippen molar-refractivity contribution in [2.24, 2.45) is 10.2 Å². The third-order valence-corrected chi connectivity index (χ3v) is 3.32. The number of rotatable bonds is 5. The van der Waals surface area contributed by atoms with E-state index in [1.165, 1.54) is 10.7 Å². The Morgan fingerprint density at radius 1 is 1.29 bits per heavy atom. The minimum Gasteiger partial charge on any atom is -0.478 e. The standard InChI is InChI=1S/C15H14N6O3/c1-9-18-20-15(21(9)16)19-17-8-10-6-7-13(24-10)11-4-2-3-5-12(11)14(22)23/h2-7H,8,16H2,1H3,(H,22,23). The highest BCUT2D eigenvalue weighted by Gasteiger charge is 2.14. The highest BCUT2D eigenvalue weighted by molar-refractivity contribution is 5.95. The summed E-state index contributed by atoms with van der Waals surface area (Å²) in [6.07, 6.45) is 0. The molecule has 0 spiro atoms. The fourth-order valence-electron chi connectivity index (χ4n) is 2.09. The first-order chi connectivity index (χ1) is 11.6. The molecule has 3 aromatic rings. The fourth-order valence-corrected chi connectivity index (χ4v) is 2.09. The highest BCUT2D eigenvalue weighted by atomic mass is 16.4. The first kappa shape index (κ1) is 15.4. The number of furan rings is 1. The number of hydrogen-bond donors (Lipinski definition) is 2. The van der Waals surface area contributed by atoms with Crippen LogP contribution in [0.25, 0.3) is 11.3 Å². The van der Waals surface area contributed by atoms with E-state index in [2.05, 4.69) is 20.4 Å². The van der Waals surface area contributed by atoms with Crippen LogP contribution in [0.1, 0.15) is 21.9 Å². The first-order valence-corrected chi connectivity index (χ1v) is 7.02. The molecule has 24 heavy (non-hydrogen) atoms. The molecule has 0 bridgehead atoms. The summed E-state index contributed by atoms with van der Waals surface area (Å²) in [5.74, 6) is 6.36. The van der Waals surface area contributed by atoms with Gasteiger partial charge in [0.2, 0.25) is 0 Å². The van der Waals surface area contributed by atoms with Crippen molar-refractivity contribution in [2.75, 3.05) is 5.84 Å². The summed E-state index contributed by atoms with van der Waals surface area (Å²) in [5.41, 5.74) is 0.678. The summed E-state index contributed by atoms with van der Waals surface area (Å²) in [6, 6.07) is 10.0. The molecule has 0 saturated heterocycles. The van der Waals surface area contributed by atoms with Crippen molar-refractivity contribution in [1.82, 2.24) is 14.9 Å². The van der Waals surface area contributed by atoms with Gasteiger partial charge >= 0.3 is 5.97 Å². The Morgan fingerprint density at radius 2 is 2.08 bits per heavy atom. The predicted molar refractivity (Wildman–Crippen MR) is 84.2 cm³/mol. The van der Waals surface area contributed by atoms with Gasteiger partial charge in [0.05, 0.1) is 5.56 Å². The molecule has 1 aromatic carbocycles. The second kappa shape index (κ2) is 6.32. The van der Waals surface area contributed by atoms with Crippen molar-refractivity contribution in [3.8, 4) is 11.3 Å². The van der Waals surface area contributed by atoms with E-state index < -0.39 is 5.97 Å². The molecule has 2 aromatic heterocycles. The van der Waals surface area contributed by atoms with Gasteiger partial charge in [-0.1, -0.05) is 18.2 Å². The van der Waals surface area contributed by atoms with E-state index in [4.69, 9.17) is 10.3 Å². The molecule has 0 atom stereocenters. The number of nitrogens with zero attached hydrogens (tertiary/aromatic N) is 5. The van der Waals surface area contributed by atoms with Gasteiger partial charge in [0, 0.05) is 5.56 Å². The average molecular weight is 326 g/mol. The molecule has 0 aliphatic rings. The molecule has 0 unspecified atom stereocenters. The Bertz CT molecular complexity index is 912. The molecule has 0 amide bonds. The molecule has 0 saturated carbocycles. The van der Waals surface area contributed by atoms with E-state index in [0.717, 1.165) is 0 Å². The Kier molecular flexibility index (Phi) is 4.06. The fraction of sp³-hybridized carbons (Fsp3) is 0.133.